The maximum absolute atomic E-state index is 12.3. The number of para-hydroxylation sites is 3. The second-order valence-corrected chi connectivity index (χ2v) is 14.9. The van der Waals surface area contributed by atoms with E-state index in [2.05, 4.69) is 62.9 Å². The molecule has 0 unspecified atom stereocenters. The fourth-order valence-electron chi connectivity index (χ4n) is 4.34. The number of carbonyl (C=O) groups excluding carboxylic acids is 1. The lowest BCUT2D eigenvalue weighted by atomic mass is 10.2. The zero-order valence-electron chi connectivity index (χ0n) is 33.7. The molecule has 0 saturated heterocycles. The molecule has 1 amide bonds. The number of hydrazine groups is 1. The van der Waals surface area contributed by atoms with E-state index in [4.69, 9.17) is 45.4 Å². The summed E-state index contributed by atoms with van der Waals surface area (Å²) in [5, 5.41) is 7.69. The van der Waals surface area contributed by atoms with Gasteiger partial charge in [-0.2, -0.15) is 4.99 Å². The number of guanidine groups is 1. The van der Waals surface area contributed by atoms with Crippen molar-refractivity contribution in [1.29, 1.82) is 0 Å². The van der Waals surface area contributed by atoms with Crippen LogP contribution in [0, 0.1) is 0 Å². The number of aromatic nitrogens is 2. The first kappa shape index (κ1) is 49.6. The molecule has 4 rings (SSSR count). The van der Waals surface area contributed by atoms with Gasteiger partial charge in [0.2, 0.25) is 21.9 Å². The minimum atomic E-state index is -3.82. The van der Waals surface area contributed by atoms with Gasteiger partial charge < -0.3 is 43.8 Å². The van der Waals surface area contributed by atoms with Crippen molar-refractivity contribution in [1.82, 2.24) is 25.5 Å². The van der Waals surface area contributed by atoms with Crippen LogP contribution in [0.15, 0.2) is 76.4 Å². The van der Waals surface area contributed by atoms with E-state index in [1.807, 2.05) is 6.07 Å². The lowest BCUT2D eigenvalue weighted by Gasteiger charge is -2.17. The molecule has 0 aliphatic rings. The van der Waals surface area contributed by atoms with Crippen LogP contribution in [-0.4, -0.2) is 111 Å². The third-order valence-electron chi connectivity index (χ3n) is 6.78. The first-order valence-electron chi connectivity index (χ1n) is 16.5. The first-order valence-corrected chi connectivity index (χ1v) is 21.0. The monoisotopic (exact) mass is 909 g/mol. The summed E-state index contributed by atoms with van der Waals surface area (Å²) >= 11 is 9.41. The van der Waals surface area contributed by atoms with E-state index < -0.39 is 26.0 Å². The molecule has 60 heavy (non-hydrogen) atoms. The fraction of sp³-hybridized carbons (Fsp3) is 0.257. The number of aliphatic imine (C=N–C) groups is 1. The van der Waals surface area contributed by atoms with Crippen molar-refractivity contribution in [2.24, 2.45) is 9.39 Å². The predicted molar refractivity (Wildman–Crippen MR) is 233 cm³/mol. The van der Waals surface area contributed by atoms with Crippen LogP contribution in [0.1, 0.15) is 10.5 Å². The second kappa shape index (κ2) is 24.4. The van der Waals surface area contributed by atoms with Gasteiger partial charge in [0.15, 0.2) is 16.5 Å². The SMILES string of the molecule is COc1cccc(OC)c1N=C=S.COc1cccc(OC)c1NC(=S)NS(C)(=O)=O.COc1cncc(C(=O)NNC(=NS(C)(=O)=O)Nc2c(OC)cccc2OC)n1. The Hall–Kier alpha value is -6.53. The number of thiocarbonyl (C=S) groups is 2. The highest BCUT2D eigenvalue weighted by atomic mass is 32.2. The number of methoxy groups -OCH3 is 7. The molecule has 1 aromatic heterocycles. The number of hydrogen-bond acceptors (Lipinski definition) is 17. The van der Waals surface area contributed by atoms with Crippen molar-refractivity contribution in [3.63, 3.8) is 0 Å². The van der Waals surface area contributed by atoms with E-state index in [0.717, 1.165) is 12.5 Å². The van der Waals surface area contributed by atoms with Crippen LogP contribution in [0.3, 0.4) is 0 Å². The van der Waals surface area contributed by atoms with Crippen LogP contribution in [0.25, 0.3) is 0 Å². The number of benzene rings is 3. The van der Waals surface area contributed by atoms with E-state index in [1.54, 1.807) is 62.8 Å². The Morgan fingerprint density at radius 1 is 0.667 bits per heavy atom. The Morgan fingerprint density at radius 2 is 1.12 bits per heavy atom. The topological polar surface area (TPSA) is 261 Å². The molecule has 1 heterocycles. The number of sulfonamides is 2. The zero-order valence-corrected chi connectivity index (χ0v) is 36.9. The maximum atomic E-state index is 12.3. The van der Waals surface area contributed by atoms with E-state index >= 15 is 0 Å². The molecule has 324 valence electrons. The summed E-state index contributed by atoms with van der Waals surface area (Å²) in [6.07, 6.45) is 4.45. The van der Waals surface area contributed by atoms with Gasteiger partial charge in [0.05, 0.1) is 79.8 Å². The molecule has 0 spiro atoms. The standard InChI is InChI=1S/C16H20N6O6S.C10H14N2O4S2.C9H9NO2S/c1-26-11-6-5-7-12(27-2)14(11)19-16(22-29(4,24)25)21-20-15(23)10-8-17-9-13(18-10)28-3;1-15-7-5-4-6-8(16-2)9(7)11-10(17)12-18(3,13)14;1-11-7-4-3-5-8(12-2)9(7)10-6-13/h5-9H,1-4H3,(H,20,23)(H2,19,21,22);4-6H,1-3H3,(H2,11,12,17);3-5H,1-2H3. The molecule has 3 aromatic carbocycles. The van der Waals surface area contributed by atoms with Crippen molar-refractivity contribution in [2.75, 3.05) is 72.9 Å². The minimum Gasteiger partial charge on any atom is -0.494 e. The van der Waals surface area contributed by atoms with Gasteiger partial charge in [-0.1, -0.05) is 18.2 Å². The summed E-state index contributed by atoms with van der Waals surface area (Å²) in [4.78, 5) is 23.9. The average molecular weight is 910 g/mol. The van der Waals surface area contributed by atoms with E-state index in [0.29, 0.717) is 51.6 Å². The van der Waals surface area contributed by atoms with Gasteiger partial charge >= 0.3 is 0 Å². The molecule has 0 atom stereocenters. The second-order valence-electron chi connectivity index (χ2n) is 10.9. The Bertz CT molecular complexity index is 2330. The van der Waals surface area contributed by atoms with Crippen LogP contribution in [0.5, 0.6) is 40.4 Å². The third kappa shape index (κ3) is 16.4. The van der Waals surface area contributed by atoms with Crippen LogP contribution < -0.4 is 59.4 Å². The van der Waals surface area contributed by atoms with Crippen LogP contribution in [0.4, 0.5) is 17.1 Å². The van der Waals surface area contributed by atoms with E-state index in [-0.39, 0.29) is 22.6 Å². The lowest BCUT2D eigenvalue weighted by Crippen LogP contribution is -2.45. The summed E-state index contributed by atoms with van der Waals surface area (Å²) in [7, 11) is 3.13. The zero-order chi connectivity index (χ0) is 44.9. The Morgan fingerprint density at radius 3 is 1.52 bits per heavy atom. The number of anilines is 2. The normalized spacial score (nSPS) is 10.6. The quantitative estimate of drug-likeness (QED) is 0.0556. The van der Waals surface area contributed by atoms with Gasteiger partial charge in [0.25, 0.3) is 15.9 Å². The predicted octanol–water partition coefficient (Wildman–Crippen LogP) is 3.55. The highest BCUT2D eigenvalue weighted by Gasteiger charge is 2.17. The molecule has 0 radical (unpaired) electrons. The van der Waals surface area contributed by atoms with Crippen LogP contribution in [0.2, 0.25) is 0 Å². The van der Waals surface area contributed by atoms with E-state index in [9.17, 15) is 21.6 Å². The molecule has 0 aliphatic heterocycles. The number of carbonyl (C=O) groups is 1. The molecule has 0 aliphatic carbocycles. The molecule has 0 bridgehead atoms. The van der Waals surface area contributed by atoms with E-state index in [1.165, 1.54) is 47.9 Å². The van der Waals surface area contributed by atoms with Crippen molar-refractivity contribution < 1.29 is 54.8 Å². The molecular formula is C35H43N9O12S4. The molecule has 0 fully saturated rings. The van der Waals surface area contributed by atoms with Gasteiger partial charge in [-0.25, -0.2) is 21.8 Å². The smallest absolute Gasteiger partial charge is 0.290 e. The summed E-state index contributed by atoms with van der Waals surface area (Å²) in [5.41, 5.74) is 5.95. The van der Waals surface area contributed by atoms with Gasteiger partial charge in [-0.05, 0) is 60.8 Å². The summed E-state index contributed by atoms with van der Waals surface area (Å²) in [6.45, 7) is 0. The van der Waals surface area contributed by atoms with Gasteiger partial charge in [0, 0.05) is 0 Å². The van der Waals surface area contributed by atoms with Crippen molar-refractivity contribution in [2.45, 2.75) is 0 Å². The van der Waals surface area contributed by atoms with Gasteiger partial charge in [-0.15, -0.1) is 4.40 Å². The summed E-state index contributed by atoms with van der Waals surface area (Å²) in [5.74, 6) is 2.08. The fourth-order valence-corrected chi connectivity index (χ4v) is 5.80. The third-order valence-corrected chi connectivity index (χ3v) is 8.29. The van der Waals surface area contributed by atoms with Crippen molar-refractivity contribution in [3.8, 4) is 40.4 Å². The van der Waals surface area contributed by atoms with Gasteiger partial charge in [0.1, 0.15) is 45.9 Å². The number of amides is 1. The Balaban J connectivity index is 0.000000340. The largest absolute Gasteiger partial charge is 0.494 e. The van der Waals surface area contributed by atoms with Gasteiger partial charge in [-0.3, -0.25) is 25.4 Å². The van der Waals surface area contributed by atoms with Crippen LogP contribution in [-0.2, 0) is 20.0 Å². The van der Waals surface area contributed by atoms with Crippen LogP contribution >= 0.6 is 24.4 Å². The summed E-state index contributed by atoms with van der Waals surface area (Å²) < 4.78 is 86.9. The Kier molecular flexibility index (Phi) is 20.2. The number of nitrogens with zero attached hydrogens (tertiary/aromatic N) is 4. The first-order chi connectivity index (χ1) is 28.5. The molecule has 4 aromatic rings. The number of hydrogen-bond donors (Lipinski definition) is 5. The molecule has 21 nitrogen and oxygen atoms in total. The Labute approximate surface area is 358 Å². The average Bonchev–Trinajstić information content (AvgIpc) is 3.22. The molecule has 25 heteroatoms. The number of nitrogens with one attached hydrogen (secondary N) is 5. The lowest BCUT2D eigenvalue weighted by molar-refractivity contribution is 0.0937. The molecule has 5 N–H and O–H groups in total. The highest BCUT2D eigenvalue weighted by Crippen LogP contribution is 2.37. The van der Waals surface area contributed by atoms with Crippen molar-refractivity contribution in [3.05, 3.63) is 72.7 Å². The minimum absolute atomic E-state index is 0.0553. The number of isothiocyanates is 1. The van der Waals surface area contributed by atoms with Crippen molar-refractivity contribution >= 4 is 83.7 Å². The number of rotatable bonds is 13. The molecule has 0 saturated carbocycles. The molecular weight excluding hydrogens is 867 g/mol. The number of ether oxygens (including phenoxy) is 7. The maximum Gasteiger partial charge on any atom is 0.290 e. The highest BCUT2D eigenvalue weighted by molar-refractivity contribution is 7.91. The summed E-state index contributed by atoms with van der Waals surface area (Å²) in [6, 6.07) is 15.5.